The monoisotopic (exact) mass is 387 g/mol. The minimum atomic E-state index is 0.607. The van der Waals surface area contributed by atoms with E-state index in [1.54, 1.807) is 11.8 Å². The van der Waals surface area contributed by atoms with E-state index in [2.05, 4.69) is 58.1 Å². The molecule has 0 spiro atoms. The Hall–Kier alpha value is -3.05. The second kappa shape index (κ2) is 8.76. The quantitative estimate of drug-likeness (QED) is 0.314. The van der Waals surface area contributed by atoms with Crippen molar-refractivity contribution in [3.8, 4) is 22.8 Å². The van der Waals surface area contributed by atoms with E-state index in [9.17, 15) is 0 Å². The van der Waals surface area contributed by atoms with Crippen LogP contribution in [0, 0.1) is 6.92 Å². The first-order chi connectivity index (χ1) is 13.8. The van der Waals surface area contributed by atoms with E-state index in [0.29, 0.717) is 6.61 Å². The van der Waals surface area contributed by atoms with Crippen molar-refractivity contribution < 1.29 is 4.74 Å². The summed E-state index contributed by atoms with van der Waals surface area (Å²) in [6, 6.07) is 28.4. The summed E-state index contributed by atoms with van der Waals surface area (Å²) in [5, 5.41) is 9.79. The molecule has 140 valence electrons. The van der Waals surface area contributed by atoms with Gasteiger partial charge in [-0.3, -0.25) is 4.57 Å². The lowest BCUT2D eigenvalue weighted by molar-refractivity contribution is 0.344. The molecule has 0 N–H and O–H groups in total. The molecule has 0 saturated carbocycles. The summed E-state index contributed by atoms with van der Waals surface area (Å²) in [5.41, 5.74) is 3.33. The van der Waals surface area contributed by atoms with E-state index in [4.69, 9.17) is 4.74 Å². The van der Waals surface area contributed by atoms with Crippen LogP contribution >= 0.6 is 11.8 Å². The van der Waals surface area contributed by atoms with Crippen LogP contribution in [-0.2, 0) is 0 Å². The van der Waals surface area contributed by atoms with Gasteiger partial charge in [-0.05, 0) is 31.2 Å². The normalized spacial score (nSPS) is 10.8. The highest BCUT2D eigenvalue weighted by Crippen LogP contribution is 2.28. The van der Waals surface area contributed by atoms with Crippen LogP contribution in [0.5, 0.6) is 5.75 Å². The van der Waals surface area contributed by atoms with Crippen molar-refractivity contribution >= 4 is 11.8 Å². The minimum absolute atomic E-state index is 0.607. The number of aryl methyl sites for hydroxylation is 1. The van der Waals surface area contributed by atoms with Crippen molar-refractivity contribution in [2.24, 2.45) is 0 Å². The molecule has 0 aliphatic carbocycles. The summed E-state index contributed by atoms with van der Waals surface area (Å²) in [6.45, 7) is 2.70. The number of hydrogen-bond donors (Lipinski definition) is 0. The molecule has 0 amide bonds. The fraction of sp³-hybridized carbons (Fsp3) is 0.130. The number of rotatable bonds is 7. The van der Waals surface area contributed by atoms with Gasteiger partial charge in [-0.2, -0.15) is 0 Å². The van der Waals surface area contributed by atoms with E-state index in [0.717, 1.165) is 33.7 Å². The SMILES string of the molecule is Cc1ccc(-n2c(SCCOc3ccccc3)nnc2-c2ccccc2)cc1. The molecule has 0 fully saturated rings. The molecular formula is C23H21N3OS. The zero-order chi connectivity index (χ0) is 19.2. The van der Waals surface area contributed by atoms with Crippen molar-refractivity contribution in [2.75, 3.05) is 12.4 Å². The lowest BCUT2D eigenvalue weighted by Crippen LogP contribution is -2.03. The standard InChI is InChI=1S/C23H21N3OS/c1-18-12-14-20(15-13-18)26-22(19-8-4-2-5-9-19)24-25-23(26)28-17-16-27-21-10-6-3-7-11-21/h2-15H,16-17H2,1H3. The van der Waals surface area contributed by atoms with E-state index in [1.807, 2.05) is 48.5 Å². The number of aromatic nitrogens is 3. The Morgan fingerprint density at radius 3 is 2.21 bits per heavy atom. The molecule has 0 atom stereocenters. The predicted octanol–water partition coefficient (Wildman–Crippen LogP) is 5.41. The number of ether oxygens (including phenoxy) is 1. The van der Waals surface area contributed by atoms with Gasteiger partial charge in [-0.25, -0.2) is 0 Å². The second-order valence-corrected chi connectivity index (χ2v) is 7.42. The topological polar surface area (TPSA) is 39.9 Å². The molecule has 0 aliphatic heterocycles. The number of benzene rings is 3. The number of thioether (sulfide) groups is 1. The van der Waals surface area contributed by atoms with Crippen LogP contribution < -0.4 is 4.74 Å². The van der Waals surface area contributed by atoms with Gasteiger partial charge in [0.2, 0.25) is 0 Å². The van der Waals surface area contributed by atoms with Crippen molar-refractivity contribution in [1.29, 1.82) is 0 Å². The largest absolute Gasteiger partial charge is 0.493 e. The smallest absolute Gasteiger partial charge is 0.196 e. The van der Waals surface area contributed by atoms with Gasteiger partial charge in [0.05, 0.1) is 6.61 Å². The lowest BCUT2D eigenvalue weighted by Gasteiger charge is -2.11. The predicted molar refractivity (Wildman–Crippen MR) is 114 cm³/mol. The summed E-state index contributed by atoms with van der Waals surface area (Å²) < 4.78 is 7.92. The maximum absolute atomic E-state index is 5.80. The highest BCUT2D eigenvalue weighted by atomic mass is 32.2. The van der Waals surface area contributed by atoms with Crippen molar-refractivity contribution in [1.82, 2.24) is 14.8 Å². The maximum Gasteiger partial charge on any atom is 0.196 e. The number of para-hydroxylation sites is 1. The summed E-state index contributed by atoms with van der Waals surface area (Å²) in [6.07, 6.45) is 0. The van der Waals surface area contributed by atoms with E-state index >= 15 is 0 Å². The Morgan fingerprint density at radius 2 is 1.50 bits per heavy atom. The summed E-state index contributed by atoms with van der Waals surface area (Å²) in [7, 11) is 0. The van der Waals surface area contributed by atoms with Gasteiger partial charge >= 0.3 is 0 Å². The van der Waals surface area contributed by atoms with Crippen LogP contribution in [0.15, 0.2) is 90.1 Å². The van der Waals surface area contributed by atoms with E-state index in [1.165, 1.54) is 5.56 Å². The first kappa shape index (κ1) is 18.3. The molecule has 0 saturated heterocycles. The van der Waals surface area contributed by atoms with Gasteiger partial charge in [0.15, 0.2) is 11.0 Å². The Morgan fingerprint density at radius 1 is 0.821 bits per heavy atom. The molecule has 4 aromatic rings. The zero-order valence-corrected chi connectivity index (χ0v) is 16.5. The zero-order valence-electron chi connectivity index (χ0n) is 15.7. The van der Waals surface area contributed by atoms with Gasteiger partial charge in [0.25, 0.3) is 0 Å². The van der Waals surface area contributed by atoms with E-state index < -0.39 is 0 Å². The molecule has 5 heteroatoms. The van der Waals surface area contributed by atoms with Crippen molar-refractivity contribution in [3.63, 3.8) is 0 Å². The van der Waals surface area contributed by atoms with Crippen LogP contribution in [0.3, 0.4) is 0 Å². The molecule has 1 aromatic heterocycles. The summed E-state index contributed by atoms with van der Waals surface area (Å²) in [4.78, 5) is 0. The van der Waals surface area contributed by atoms with Crippen LogP contribution in [0.2, 0.25) is 0 Å². The Labute approximate surface area is 169 Å². The fourth-order valence-electron chi connectivity index (χ4n) is 2.87. The summed E-state index contributed by atoms with van der Waals surface area (Å²) >= 11 is 1.65. The first-order valence-corrected chi connectivity index (χ1v) is 10.2. The molecule has 3 aromatic carbocycles. The fourth-order valence-corrected chi connectivity index (χ4v) is 3.64. The minimum Gasteiger partial charge on any atom is -0.493 e. The van der Waals surface area contributed by atoms with Crippen molar-refractivity contribution in [3.05, 3.63) is 90.5 Å². The molecule has 0 unspecified atom stereocenters. The average Bonchev–Trinajstić information content (AvgIpc) is 3.17. The Bertz CT molecular complexity index is 1010. The molecular weight excluding hydrogens is 366 g/mol. The van der Waals surface area contributed by atoms with Gasteiger partial charge in [-0.15, -0.1) is 10.2 Å². The van der Waals surface area contributed by atoms with Crippen LogP contribution in [0.25, 0.3) is 17.1 Å². The highest BCUT2D eigenvalue weighted by Gasteiger charge is 2.16. The molecule has 4 rings (SSSR count). The van der Waals surface area contributed by atoms with Crippen molar-refractivity contribution in [2.45, 2.75) is 12.1 Å². The molecule has 0 aliphatic rings. The Kier molecular flexibility index (Phi) is 5.73. The van der Waals surface area contributed by atoms with Crippen LogP contribution in [0.4, 0.5) is 0 Å². The molecule has 1 heterocycles. The van der Waals surface area contributed by atoms with Gasteiger partial charge in [0.1, 0.15) is 5.75 Å². The van der Waals surface area contributed by atoms with Crippen LogP contribution in [0.1, 0.15) is 5.56 Å². The maximum atomic E-state index is 5.80. The average molecular weight is 388 g/mol. The second-order valence-electron chi connectivity index (χ2n) is 6.35. The first-order valence-electron chi connectivity index (χ1n) is 9.20. The van der Waals surface area contributed by atoms with Gasteiger partial charge in [-0.1, -0.05) is 78.0 Å². The lowest BCUT2D eigenvalue weighted by atomic mass is 10.2. The molecule has 0 bridgehead atoms. The third-order valence-corrected chi connectivity index (χ3v) is 5.18. The molecule has 4 nitrogen and oxygen atoms in total. The van der Waals surface area contributed by atoms with Gasteiger partial charge < -0.3 is 4.74 Å². The van der Waals surface area contributed by atoms with Gasteiger partial charge in [0, 0.05) is 17.0 Å². The third-order valence-electron chi connectivity index (χ3n) is 4.28. The van der Waals surface area contributed by atoms with Crippen LogP contribution in [-0.4, -0.2) is 27.1 Å². The number of nitrogens with zero attached hydrogens (tertiary/aromatic N) is 3. The Balaban J connectivity index is 1.56. The molecule has 0 radical (unpaired) electrons. The van der Waals surface area contributed by atoms with E-state index in [-0.39, 0.29) is 0 Å². The highest BCUT2D eigenvalue weighted by molar-refractivity contribution is 7.99. The molecule has 28 heavy (non-hydrogen) atoms. The number of hydrogen-bond acceptors (Lipinski definition) is 4. The summed E-state index contributed by atoms with van der Waals surface area (Å²) in [5.74, 6) is 2.51. The third kappa shape index (κ3) is 4.26.